The number of likely N-dealkylation sites (tertiary alicyclic amines) is 1. The van der Waals surface area contributed by atoms with Crippen molar-refractivity contribution >= 4 is 18.3 Å². The quantitative estimate of drug-likeness (QED) is 0.814. The van der Waals surface area contributed by atoms with Crippen molar-refractivity contribution < 1.29 is 14.3 Å². The molecule has 2 atom stereocenters. The number of benzene rings is 2. The summed E-state index contributed by atoms with van der Waals surface area (Å²) in [5, 5.41) is 0. The zero-order valence-electron chi connectivity index (χ0n) is 13.4. The lowest BCUT2D eigenvalue weighted by Gasteiger charge is -2.46. The molecule has 0 saturated carbocycles. The zero-order valence-corrected chi connectivity index (χ0v) is 14.2. The molecule has 24 heavy (non-hydrogen) atoms. The first-order valence-electron chi connectivity index (χ1n) is 7.61. The number of rotatable bonds is 6. The van der Waals surface area contributed by atoms with Crippen LogP contribution in [0.25, 0.3) is 0 Å². The van der Waals surface area contributed by atoms with Crippen molar-refractivity contribution in [3.63, 3.8) is 0 Å². The smallest absolute Gasteiger partial charge is 0.266 e. The molecule has 128 valence electrons. The molecule has 0 bridgehead atoms. The molecule has 0 aromatic heterocycles. The van der Waals surface area contributed by atoms with E-state index in [-0.39, 0.29) is 24.4 Å². The summed E-state index contributed by atoms with van der Waals surface area (Å²) in [6.45, 7) is 0.945. The van der Waals surface area contributed by atoms with Crippen LogP contribution in [0, 0.1) is 0 Å². The number of amides is 1. The fourth-order valence-electron chi connectivity index (χ4n) is 2.82. The molecule has 1 aliphatic heterocycles. The highest BCUT2D eigenvalue weighted by molar-refractivity contribution is 5.89. The van der Waals surface area contributed by atoms with Crippen LogP contribution >= 0.6 is 12.4 Å². The van der Waals surface area contributed by atoms with Crippen LogP contribution in [0.1, 0.15) is 11.6 Å². The molecule has 2 aromatic carbocycles. The van der Waals surface area contributed by atoms with Gasteiger partial charge in [-0.3, -0.25) is 4.79 Å². The number of nitrogens with zero attached hydrogens (tertiary/aromatic N) is 1. The Bertz CT molecular complexity index is 664. The van der Waals surface area contributed by atoms with E-state index in [1.807, 2.05) is 54.6 Å². The summed E-state index contributed by atoms with van der Waals surface area (Å²) in [4.78, 5) is 14.1. The van der Waals surface area contributed by atoms with Crippen molar-refractivity contribution in [2.45, 2.75) is 12.1 Å². The van der Waals surface area contributed by atoms with Crippen LogP contribution in [-0.2, 0) is 4.79 Å². The van der Waals surface area contributed by atoms with E-state index in [4.69, 9.17) is 15.2 Å². The van der Waals surface area contributed by atoms with Crippen molar-refractivity contribution in [2.24, 2.45) is 5.73 Å². The van der Waals surface area contributed by atoms with E-state index >= 15 is 0 Å². The molecule has 1 aliphatic rings. The Kier molecular flexibility index (Phi) is 6.06. The van der Waals surface area contributed by atoms with E-state index in [9.17, 15) is 4.79 Å². The van der Waals surface area contributed by atoms with Crippen LogP contribution in [-0.4, -0.2) is 37.1 Å². The average Bonchev–Trinajstić information content (AvgIpc) is 2.61. The van der Waals surface area contributed by atoms with E-state index in [1.54, 1.807) is 12.0 Å². The second kappa shape index (κ2) is 8.04. The predicted octanol–water partition coefficient (Wildman–Crippen LogP) is 2.41. The van der Waals surface area contributed by atoms with Gasteiger partial charge in [-0.15, -0.1) is 12.4 Å². The summed E-state index contributed by atoms with van der Waals surface area (Å²) in [6.07, 6.45) is -0.516. The monoisotopic (exact) mass is 348 g/mol. The molecule has 1 saturated heterocycles. The number of hydrogen-bond acceptors (Lipinski definition) is 4. The lowest BCUT2D eigenvalue weighted by molar-refractivity contribution is -0.163. The number of hydrogen-bond donors (Lipinski definition) is 1. The molecule has 1 amide bonds. The van der Waals surface area contributed by atoms with Crippen LogP contribution in [0.15, 0.2) is 54.6 Å². The molecular weight excluding hydrogens is 328 g/mol. The molecule has 0 radical (unpaired) electrons. The van der Waals surface area contributed by atoms with Crippen molar-refractivity contribution in [1.82, 2.24) is 4.90 Å². The number of ether oxygens (including phenoxy) is 2. The van der Waals surface area contributed by atoms with Gasteiger partial charge in [0.15, 0.2) is 0 Å². The third kappa shape index (κ3) is 3.47. The summed E-state index contributed by atoms with van der Waals surface area (Å²) in [6, 6.07) is 17.0. The second-order valence-electron chi connectivity index (χ2n) is 5.39. The molecular formula is C18H21ClN2O3. The lowest BCUT2D eigenvalue weighted by atomic mass is 9.90. The van der Waals surface area contributed by atoms with Gasteiger partial charge in [0, 0.05) is 13.1 Å². The molecule has 0 unspecified atom stereocenters. The first-order valence-corrected chi connectivity index (χ1v) is 7.61. The highest BCUT2D eigenvalue weighted by Crippen LogP contribution is 2.37. The number of methoxy groups -OCH3 is 1. The fraction of sp³-hybridized carbons (Fsp3) is 0.278. The molecule has 1 fully saturated rings. The summed E-state index contributed by atoms with van der Waals surface area (Å²) in [5.74, 6) is 1.45. The fourth-order valence-corrected chi connectivity index (χ4v) is 2.82. The third-order valence-electron chi connectivity index (χ3n) is 3.98. The minimum Gasteiger partial charge on any atom is -0.497 e. The molecule has 3 rings (SSSR count). The molecule has 2 N–H and O–H groups in total. The zero-order chi connectivity index (χ0) is 16.2. The minimum atomic E-state index is -0.516. The first kappa shape index (κ1) is 18.1. The van der Waals surface area contributed by atoms with Crippen LogP contribution in [0.5, 0.6) is 11.5 Å². The highest BCUT2D eigenvalue weighted by atomic mass is 35.5. The number of para-hydroxylation sites is 1. The Labute approximate surface area is 147 Å². The van der Waals surface area contributed by atoms with E-state index < -0.39 is 6.10 Å². The van der Waals surface area contributed by atoms with Crippen LogP contribution < -0.4 is 15.2 Å². The van der Waals surface area contributed by atoms with Gasteiger partial charge in [-0.2, -0.15) is 0 Å². The largest absolute Gasteiger partial charge is 0.497 e. The maximum atomic E-state index is 12.4. The van der Waals surface area contributed by atoms with Gasteiger partial charge < -0.3 is 20.1 Å². The second-order valence-corrected chi connectivity index (χ2v) is 5.39. The summed E-state index contributed by atoms with van der Waals surface area (Å²) in [7, 11) is 1.63. The van der Waals surface area contributed by atoms with Gasteiger partial charge in [-0.1, -0.05) is 30.3 Å². The van der Waals surface area contributed by atoms with E-state index in [2.05, 4.69) is 0 Å². The van der Waals surface area contributed by atoms with Crippen molar-refractivity contribution in [2.75, 3.05) is 20.2 Å². The van der Waals surface area contributed by atoms with Crippen molar-refractivity contribution in [3.8, 4) is 11.5 Å². The summed E-state index contributed by atoms with van der Waals surface area (Å²) >= 11 is 0. The van der Waals surface area contributed by atoms with Gasteiger partial charge >= 0.3 is 0 Å². The van der Waals surface area contributed by atoms with E-state index in [0.717, 1.165) is 11.3 Å². The predicted molar refractivity (Wildman–Crippen MR) is 94.6 cm³/mol. The van der Waals surface area contributed by atoms with Gasteiger partial charge in [0.2, 0.25) is 6.10 Å². The molecule has 6 heteroatoms. The molecule has 0 aliphatic carbocycles. The van der Waals surface area contributed by atoms with E-state index in [0.29, 0.717) is 18.8 Å². The first-order chi connectivity index (χ1) is 11.2. The van der Waals surface area contributed by atoms with Crippen LogP contribution in [0.4, 0.5) is 0 Å². The number of carbonyl (C=O) groups is 1. The Balaban J connectivity index is 0.00000208. The van der Waals surface area contributed by atoms with Crippen LogP contribution in [0.3, 0.4) is 0 Å². The Hall–Kier alpha value is -2.24. The Morgan fingerprint density at radius 3 is 2.29 bits per heavy atom. The van der Waals surface area contributed by atoms with Crippen LogP contribution in [0.2, 0.25) is 0 Å². The Morgan fingerprint density at radius 2 is 1.71 bits per heavy atom. The average molecular weight is 349 g/mol. The summed E-state index contributed by atoms with van der Waals surface area (Å²) < 4.78 is 11.1. The highest BCUT2D eigenvalue weighted by Gasteiger charge is 2.49. The van der Waals surface area contributed by atoms with E-state index in [1.165, 1.54) is 0 Å². The van der Waals surface area contributed by atoms with Crippen molar-refractivity contribution in [1.29, 1.82) is 0 Å². The number of carbonyl (C=O) groups excluding carboxylic acids is 1. The normalized spacial score (nSPS) is 19.2. The standard InChI is InChI=1S/C18H20N2O3.ClH/c1-22-14-9-7-13(8-10-14)16-17(18(21)20(16)12-11-19)23-15-5-3-2-4-6-15;/h2-10,16-17H,11-12,19H2,1H3;1H/t16-,17+;/m1./s1. The maximum absolute atomic E-state index is 12.4. The number of nitrogens with two attached hydrogens (primary N) is 1. The molecule has 5 nitrogen and oxygen atoms in total. The topological polar surface area (TPSA) is 64.8 Å². The summed E-state index contributed by atoms with van der Waals surface area (Å²) in [5.41, 5.74) is 6.64. The van der Waals surface area contributed by atoms with Gasteiger partial charge in [0.05, 0.1) is 7.11 Å². The van der Waals surface area contributed by atoms with Gasteiger partial charge in [0.1, 0.15) is 17.5 Å². The van der Waals surface area contributed by atoms with Gasteiger partial charge in [-0.25, -0.2) is 0 Å². The Morgan fingerprint density at radius 1 is 1.04 bits per heavy atom. The lowest BCUT2D eigenvalue weighted by Crippen LogP contribution is -2.62. The minimum absolute atomic E-state index is 0. The van der Waals surface area contributed by atoms with Gasteiger partial charge in [-0.05, 0) is 29.8 Å². The number of halogens is 1. The third-order valence-corrected chi connectivity index (χ3v) is 3.98. The molecule has 0 spiro atoms. The molecule has 2 aromatic rings. The van der Waals surface area contributed by atoms with Crippen molar-refractivity contribution in [3.05, 3.63) is 60.2 Å². The maximum Gasteiger partial charge on any atom is 0.266 e. The number of β-lactam (4-membered cyclic amide) rings is 1. The SMILES string of the molecule is COc1ccc([C@@H]2[C@H](Oc3ccccc3)C(=O)N2CCN)cc1.Cl. The van der Waals surface area contributed by atoms with Gasteiger partial charge in [0.25, 0.3) is 5.91 Å². The molecule has 1 heterocycles.